The molecule has 0 aliphatic rings. The number of aromatic nitrogens is 1. The van der Waals surface area contributed by atoms with Gasteiger partial charge in [-0.15, -0.1) is 0 Å². The van der Waals surface area contributed by atoms with Gasteiger partial charge in [0.25, 0.3) is 0 Å². The van der Waals surface area contributed by atoms with Crippen molar-refractivity contribution >= 4 is 0 Å². The molecule has 110 valence electrons. The van der Waals surface area contributed by atoms with E-state index in [-0.39, 0.29) is 0 Å². The van der Waals surface area contributed by atoms with Crippen molar-refractivity contribution in [3.05, 3.63) is 66.5 Å². The summed E-state index contributed by atoms with van der Waals surface area (Å²) in [6, 6.07) is 16.0. The van der Waals surface area contributed by atoms with Crippen LogP contribution in [0.2, 0.25) is 0 Å². The number of aryl methyl sites for hydroxylation is 1. The molecule has 0 saturated heterocycles. The Morgan fingerprint density at radius 1 is 0.700 bits per heavy atom. The predicted octanol–water partition coefficient (Wildman–Crippen LogP) is 6.05. The first-order valence-corrected chi connectivity index (χ1v) is 7.67. The van der Waals surface area contributed by atoms with Crippen LogP contribution in [-0.2, 0) is 0 Å². The van der Waals surface area contributed by atoms with E-state index in [0.717, 1.165) is 0 Å². The van der Waals surface area contributed by atoms with Gasteiger partial charge in [0.05, 0.1) is 0 Å². The molecule has 0 aliphatic heterocycles. The Morgan fingerprint density at radius 3 is 1.45 bits per heavy atom. The summed E-state index contributed by atoms with van der Waals surface area (Å²) in [6.07, 6.45) is 10.5. The van der Waals surface area contributed by atoms with Crippen molar-refractivity contribution < 1.29 is 0 Å². The zero-order chi connectivity index (χ0) is 14.9. The van der Waals surface area contributed by atoms with E-state index in [1.165, 1.54) is 37.7 Å². The van der Waals surface area contributed by atoms with Crippen LogP contribution in [0.4, 0.5) is 0 Å². The largest absolute Gasteiger partial charge is 0.265 e. The third kappa shape index (κ3) is 14.4. The van der Waals surface area contributed by atoms with Crippen molar-refractivity contribution in [1.82, 2.24) is 4.98 Å². The highest BCUT2D eigenvalue weighted by molar-refractivity contribution is 5.11. The van der Waals surface area contributed by atoms with E-state index in [1.54, 1.807) is 12.4 Å². The number of unbranched alkanes of at least 4 members (excludes halogenated alkanes) is 4. The van der Waals surface area contributed by atoms with Gasteiger partial charge in [-0.3, -0.25) is 4.98 Å². The van der Waals surface area contributed by atoms with E-state index in [0.29, 0.717) is 0 Å². The fourth-order valence-electron chi connectivity index (χ4n) is 1.52. The summed E-state index contributed by atoms with van der Waals surface area (Å²) in [4.78, 5) is 3.78. The first-order chi connectivity index (χ1) is 9.81. The van der Waals surface area contributed by atoms with Crippen molar-refractivity contribution in [2.45, 2.75) is 52.9 Å². The molecule has 0 N–H and O–H groups in total. The van der Waals surface area contributed by atoms with Gasteiger partial charge < -0.3 is 0 Å². The van der Waals surface area contributed by atoms with Crippen LogP contribution in [-0.4, -0.2) is 4.98 Å². The summed E-state index contributed by atoms with van der Waals surface area (Å²) in [7, 11) is 0. The highest BCUT2D eigenvalue weighted by Crippen LogP contribution is 2.00. The monoisotopic (exact) mass is 271 g/mol. The fourth-order valence-corrected chi connectivity index (χ4v) is 1.52. The van der Waals surface area contributed by atoms with Crippen LogP contribution in [0.25, 0.3) is 0 Å². The Bertz CT molecular complexity index is 339. The normalized spacial score (nSPS) is 8.75. The van der Waals surface area contributed by atoms with Crippen LogP contribution in [0.3, 0.4) is 0 Å². The molecule has 1 heterocycles. The molecule has 0 unspecified atom stereocenters. The smallest absolute Gasteiger partial charge is 0.0267 e. The molecule has 0 radical (unpaired) electrons. The third-order valence-electron chi connectivity index (χ3n) is 2.71. The summed E-state index contributed by atoms with van der Waals surface area (Å²) in [5.74, 6) is 0. The number of benzene rings is 1. The van der Waals surface area contributed by atoms with Gasteiger partial charge in [0, 0.05) is 12.4 Å². The lowest BCUT2D eigenvalue weighted by atomic mass is 10.2. The first-order valence-electron chi connectivity index (χ1n) is 7.67. The van der Waals surface area contributed by atoms with E-state index in [2.05, 4.69) is 37.9 Å². The summed E-state index contributed by atoms with van der Waals surface area (Å²) in [5.41, 5.74) is 1.32. The highest BCUT2D eigenvalue weighted by Gasteiger charge is 1.80. The van der Waals surface area contributed by atoms with Crippen molar-refractivity contribution in [3.8, 4) is 0 Å². The average molecular weight is 271 g/mol. The Hall–Kier alpha value is -1.63. The van der Waals surface area contributed by atoms with Gasteiger partial charge in [0.15, 0.2) is 0 Å². The molecule has 1 nitrogen and oxygen atoms in total. The van der Waals surface area contributed by atoms with Crippen molar-refractivity contribution in [2.75, 3.05) is 0 Å². The third-order valence-corrected chi connectivity index (χ3v) is 2.71. The summed E-state index contributed by atoms with van der Waals surface area (Å²) >= 11 is 0. The van der Waals surface area contributed by atoms with E-state index in [9.17, 15) is 0 Å². The van der Waals surface area contributed by atoms with E-state index < -0.39 is 0 Å². The Labute approximate surface area is 125 Å². The van der Waals surface area contributed by atoms with Crippen LogP contribution in [0.15, 0.2) is 60.9 Å². The molecule has 0 bridgehead atoms. The Morgan fingerprint density at radius 2 is 1.20 bits per heavy atom. The molecule has 0 fully saturated rings. The minimum atomic E-state index is 1.32. The van der Waals surface area contributed by atoms with Crippen molar-refractivity contribution in [2.24, 2.45) is 0 Å². The SMILES string of the molecule is CCCCCCC.Cc1ccccc1.c1ccncc1. The molecule has 0 saturated carbocycles. The molecular formula is C19H29N. The van der Waals surface area contributed by atoms with Gasteiger partial charge in [-0.05, 0) is 19.1 Å². The van der Waals surface area contributed by atoms with Crippen LogP contribution in [0.5, 0.6) is 0 Å². The van der Waals surface area contributed by atoms with Crippen molar-refractivity contribution in [3.63, 3.8) is 0 Å². The van der Waals surface area contributed by atoms with E-state index >= 15 is 0 Å². The van der Waals surface area contributed by atoms with E-state index in [1.807, 2.05) is 36.4 Å². The number of hydrogen-bond donors (Lipinski definition) is 0. The Balaban J connectivity index is 0.000000271. The molecule has 20 heavy (non-hydrogen) atoms. The molecule has 0 spiro atoms. The molecule has 1 aromatic carbocycles. The topological polar surface area (TPSA) is 12.9 Å². The minimum absolute atomic E-state index is 1.32. The minimum Gasteiger partial charge on any atom is -0.265 e. The molecule has 1 heteroatoms. The van der Waals surface area contributed by atoms with E-state index in [4.69, 9.17) is 0 Å². The Kier molecular flexibility index (Phi) is 14.2. The van der Waals surface area contributed by atoms with Gasteiger partial charge in [0.1, 0.15) is 0 Å². The second-order valence-corrected chi connectivity index (χ2v) is 4.74. The van der Waals surface area contributed by atoms with Crippen LogP contribution >= 0.6 is 0 Å². The quantitative estimate of drug-likeness (QED) is 0.616. The highest BCUT2D eigenvalue weighted by atomic mass is 14.6. The predicted molar refractivity (Wildman–Crippen MR) is 89.8 cm³/mol. The van der Waals surface area contributed by atoms with Crippen LogP contribution in [0.1, 0.15) is 51.5 Å². The molecule has 1 aromatic heterocycles. The van der Waals surface area contributed by atoms with Gasteiger partial charge >= 0.3 is 0 Å². The maximum atomic E-state index is 3.78. The van der Waals surface area contributed by atoms with Crippen LogP contribution < -0.4 is 0 Å². The summed E-state index contributed by atoms with van der Waals surface area (Å²) < 4.78 is 0. The van der Waals surface area contributed by atoms with Gasteiger partial charge in [-0.1, -0.05) is 87.9 Å². The maximum absolute atomic E-state index is 3.78. The molecule has 2 aromatic rings. The average Bonchev–Trinajstić information content (AvgIpc) is 2.52. The standard InChI is InChI=1S/C7H8.C7H16.C5H5N/c1-7-5-3-2-4-6-7;1-3-5-7-6-4-2;1-2-4-6-5-3-1/h2-6H,1H3;3-7H2,1-2H3;1-5H. The summed E-state index contributed by atoms with van der Waals surface area (Å²) in [6.45, 7) is 6.57. The molecule has 0 aliphatic carbocycles. The fraction of sp³-hybridized carbons (Fsp3) is 0.421. The number of pyridine rings is 1. The molecule has 0 amide bonds. The van der Waals surface area contributed by atoms with Gasteiger partial charge in [-0.2, -0.15) is 0 Å². The lowest BCUT2D eigenvalue weighted by molar-refractivity contribution is 0.656. The maximum Gasteiger partial charge on any atom is 0.0267 e. The van der Waals surface area contributed by atoms with Gasteiger partial charge in [-0.25, -0.2) is 0 Å². The van der Waals surface area contributed by atoms with Crippen molar-refractivity contribution in [1.29, 1.82) is 0 Å². The van der Waals surface area contributed by atoms with Crippen LogP contribution in [0, 0.1) is 6.92 Å². The number of hydrogen-bond acceptors (Lipinski definition) is 1. The number of rotatable bonds is 4. The zero-order valence-corrected chi connectivity index (χ0v) is 13.3. The number of nitrogens with zero attached hydrogens (tertiary/aromatic N) is 1. The van der Waals surface area contributed by atoms with Gasteiger partial charge in [0.2, 0.25) is 0 Å². The molecule has 0 atom stereocenters. The second-order valence-electron chi connectivity index (χ2n) is 4.74. The molecular weight excluding hydrogens is 242 g/mol. The molecule has 2 rings (SSSR count). The summed E-state index contributed by atoms with van der Waals surface area (Å²) in [5, 5.41) is 0. The second kappa shape index (κ2) is 15.4. The zero-order valence-electron chi connectivity index (χ0n) is 13.3. The lowest BCUT2D eigenvalue weighted by Gasteiger charge is -1.90. The first kappa shape index (κ1) is 18.4. The lowest BCUT2D eigenvalue weighted by Crippen LogP contribution is -1.70.